The first-order valence-corrected chi connectivity index (χ1v) is 15.2. The molecule has 0 spiro atoms. The number of halogens is 2. The van der Waals surface area contributed by atoms with Gasteiger partial charge in [-0.25, -0.2) is 14.2 Å². The second-order valence-corrected chi connectivity index (χ2v) is 11.9. The number of aromatic nitrogens is 6. The third-order valence-electron chi connectivity index (χ3n) is 6.98. The van der Waals surface area contributed by atoms with Crippen molar-refractivity contribution >= 4 is 55.0 Å². The van der Waals surface area contributed by atoms with Crippen LogP contribution in [-0.4, -0.2) is 53.4 Å². The predicted molar refractivity (Wildman–Crippen MR) is 171 cm³/mol. The molecule has 1 N–H and O–H groups in total. The van der Waals surface area contributed by atoms with Crippen molar-refractivity contribution in [3.63, 3.8) is 0 Å². The fourth-order valence-electron chi connectivity index (χ4n) is 4.80. The van der Waals surface area contributed by atoms with Crippen LogP contribution in [0.15, 0.2) is 86.6 Å². The summed E-state index contributed by atoms with van der Waals surface area (Å²) >= 11 is 6.71. The fourth-order valence-corrected chi connectivity index (χ4v) is 5.46. The van der Waals surface area contributed by atoms with E-state index in [1.165, 1.54) is 6.20 Å². The SMILES string of the molecule is Cc1cc(C)n2ncc(C(=O)Nc3ccc(-c4cn(Cc5ccc(C(=O)N(C)Cc6cc(Br)c(Br)o6)cc5)nn4)cc3)c2n1. The van der Waals surface area contributed by atoms with Crippen LogP contribution in [0, 0.1) is 13.8 Å². The van der Waals surface area contributed by atoms with Gasteiger partial charge in [-0.05, 0) is 87.7 Å². The van der Waals surface area contributed by atoms with Crippen LogP contribution in [-0.2, 0) is 13.1 Å². The van der Waals surface area contributed by atoms with Gasteiger partial charge < -0.3 is 14.6 Å². The minimum absolute atomic E-state index is 0.108. The van der Waals surface area contributed by atoms with E-state index in [-0.39, 0.29) is 11.8 Å². The standard InChI is InChI=1S/C31H26Br2N8O3/c1-18-12-19(2)41-29(35-18)25(14-34-41)30(42)36-23-10-8-21(9-11-23)27-17-40(38-37-27)15-20-4-6-22(7-5-20)31(43)39(3)16-24-13-26(32)28(33)44-24/h4-14,17H,15-16H2,1-3H3,(H,36,42). The first-order chi connectivity index (χ1) is 21.1. The van der Waals surface area contributed by atoms with Crippen molar-refractivity contribution < 1.29 is 14.0 Å². The van der Waals surface area contributed by atoms with Crippen molar-refractivity contribution in [3.8, 4) is 11.3 Å². The predicted octanol–water partition coefficient (Wildman–Crippen LogP) is 6.30. The number of aryl methyl sites for hydroxylation is 2. The number of amides is 2. The van der Waals surface area contributed by atoms with Crippen LogP contribution in [0.1, 0.15) is 43.4 Å². The monoisotopic (exact) mass is 716 g/mol. The second kappa shape index (κ2) is 12.2. The second-order valence-electron chi connectivity index (χ2n) is 10.4. The van der Waals surface area contributed by atoms with Crippen LogP contribution in [0.2, 0.25) is 0 Å². The van der Waals surface area contributed by atoms with E-state index in [0.29, 0.717) is 51.7 Å². The highest BCUT2D eigenvalue weighted by molar-refractivity contribution is 9.13. The van der Waals surface area contributed by atoms with Gasteiger partial charge in [-0.1, -0.05) is 29.5 Å². The molecule has 13 heteroatoms. The lowest BCUT2D eigenvalue weighted by Gasteiger charge is -2.16. The molecule has 6 rings (SSSR count). The van der Waals surface area contributed by atoms with E-state index in [9.17, 15) is 9.59 Å². The number of rotatable bonds is 8. The molecular formula is C31H26Br2N8O3. The molecule has 2 aromatic carbocycles. The number of hydrogen-bond acceptors (Lipinski definition) is 7. The number of nitrogens with zero attached hydrogens (tertiary/aromatic N) is 7. The average Bonchev–Trinajstić information content (AvgIpc) is 3.72. The molecule has 4 aromatic heterocycles. The summed E-state index contributed by atoms with van der Waals surface area (Å²) in [7, 11) is 1.73. The molecule has 0 aliphatic rings. The number of benzene rings is 2. The number of carbonyl (C=O) groups excluding carboxylic acids is 2. The number of carbonyl (C=O) groups is 2. The van der Waals surface area contributed by atoms with E-state index in [2.05, 4.69) is 57.6 Å². The minimum atomic E-state index is -0.283. The smallest absolute Gasteiger partial charge is 0.261 e. The van der Waals surface area contributed by atoms with Gasteiger partial charge in [-0.2, -0.15) is 5.10 Å². The molecule has 0 aliphatic heterocycles. The first kappa shape index (κ1) is 29.5. The maximum absolute atomic E-state index is 13.0. The highest BCUT2D eigenvalue weighted by atomic mass is 79.9. The number of fused-ring (bicyclic) bond motifs is 1. The Kier molecular flexibility index (Phi) is 8.15. The molecule has 6 aromatic rings. The number of nitrogens with one attached hydrogen (secondary N) is 1. The molecule has 0 saturated carbocycles. The van der Waals surface area contributed by atoms with Gasteiger partial charge in [0.1, 0.15) is 17.0 Å². The summed E-state index contributed by atoms with van der Waals surface area (Å²) in [5, 5.41) is 15.8. The van der Waals surface area contributed by atoms with Crippen LogP contribution in [0.3, 0.4) is 0 Å². The average molecular weight is 718 g/mol. The molecule has 0 atom stereocenters. The molecule has 11 nitrogen and oxygen atoms in total. The van der Waals surface area contributed by atoms with Gasteiger partial charge in [0.05, 0.1) is 30.0 Å². The molecule has 0 aliphatic carbocycles. The normalized spacial score (nSPS) is 11.2. The van der Waals surface area contributed by atoms with E-state index >= 15 is 0 Å². The highest BCUT2D eigenvalue weighted by Gasteiger charge is 2.17. The van der Waals surface area contributed by atoms with Crippen LogP contribution >= 0.6 is 31.9 Å². The summed E-state index contributed by atoms with van der Waals surface area (Å²) in [6, 6.07) is 18.6. The van der Waals surface area contributed by atoms with E-state index < -0.39 is 0 Å². The zero-order valence-electron chi connectivity index (χ0n) is 24.0. The summed E-state index contributed by atoms with van der Waals surface area (Å²) in [5.41, 5.74) is 6.41. The van der Waals surface area contributed by atoms with Gasteiger partial charge >= 0.3 is 0 Å². The molecule has 0 fully saturated rings. The number of hydrogen-bond donors (Lipinski definition) is 1. The number of furan rings is 1. The Balaban J connectivity index is 1.07. The highest BCUT2D eigenvalue weighted by Crippen LogP contribution is 2.27. The molecule has 2 amide bonds. The Hall–Kier alpha value is -4.62. The van der Waals surface area contributed by atoms with Gasteiger partial charge in [-0.15, -0.1) is 5.10 Å². The van der Waals surface area contributed by atoms with Crippen LogP contribution < -0.4 is 5.32 Å². The largest absolute Gasteiger partial charge is 0.451 e. The molecule has 0 bridgehead atoms. The Morgan fingerprint density at radius 1 is 1.02 bits per heavy atom. The minimum Gasteiger partial charge on any atom is -0.451 e. The Labute approximate surface area is 269 Å². The van der Waals surface area contributed by atoms with Crippen molar-refractivity contribution in [2.24, 2.45) is 0 Å². The van der Waals surface area contributed by atoms with Crippen LogP contribution in [0.25, 0.3) is 16.9 Å². The third kappa shape index (κ3) is 6.19. The molecule has 4 heterocycles. The molecule has 222 valence electrons. The third-order valence-corrected chi connectivity index (χ3v) is 8.69. The molecular weight excluding hydrogens is 692 g/mol. The first-order valence-electron chi connectivity index (χ1n) is 13.6. The number of anilines is 1. The maximum Gasteiger partial charge on any atom is 0.261 e. The van der Waals surface area contributed by atoms with Gasteiger partial charge in [0.2, 0.25) is 0 Å². The lowest BCUT2D eigenvalue weighted by molar-refractivity contribution is 0.0775. The lowest BCUT2D eigenvalue weighted by Crippen LogP contribution is -2.26. The quantitative estimate of drug-likeness (QED) is 0.196. The van der Waals surface area contributed by atoms with Gasteiger partial charge in [0.15, 0.2) is 10.3 Å². The summed E-state index contributed by atoms with van der Waals surface area (Å²) in [6.45, 7) is 4.65. The fraction of sp³-hybridized carbons (Fsp3) is 0.161. The van der Waals surface area contributed by atoms with Gasteiger partial charge in [0, 0.05) is 35.2 Å². The topological polar surface area (TPSA) is 123 Å². The van der Waals surface area contributed by atoms with E-state index in [4.69, 9.17) is 4.42 Å². The maximum atomic E-state index is 13.0. The van der Waals surface area contributed by atoms with Crippen LogP contribution in [0.4, 0.5) is 5.69 Å². The van der Waals surface area contributed by atoms with Gasteiger partial charge in [0.25, 0.3) is 11.8 Å². The molecule has 44 heavy (non-hydrogen) atoms. The summed E-state index contributed by atoms with van der Waals surface area (Å²) in [5.74, 6) is 0.279. The van der Waals surface area contributed by atoms with E-state index in [1.54, 1.807) is 33.3 Å². The van der Waals surface area contributed by atoms with E-state index in [0.717, 1.165) is 27.0 Å². The van der Waals surface area contributed by atoms with Gasteiger partial charge in [-0.3, -0.25) is 9.59 Å². The summed E-state index contributed by atoms with van der Waals surface area (Å²) < 4.78 is 10.4. The molecule has 0 radical (unpaired) electrons. The summed E-state index contributed by atoms with van der Waals surface area (Å²) in [4.78, 5) is 31.9. The van der Waals surface area contributed by atoms with Crippen molar-refractivity contribution in [1.29, 1.82) is 0 Å². The van der Waals surface area contributed by atoms with Crippen molar-refractivity contribution in [1.82, 2.24) is 34.5 Å². The van der Waals surface area contributed by atoms with Crippen molar-refractivity contribution in [2.45, 2.75) is 26.9 Å². The van der Waals surface area contributed by atoms with Crippen molar-refractivity contribution in [3.05, 3.63) is 116 Å². The summed E-state index contributed by atoms with van der Waals surface area (Å²) in [6.07, 6.45) is 3.39. The Morgan fingerprint density at radius 3 is 2.48 bits per heavy atom. The Morgan fingerprint density at radius 2 is 1.77 bits per heavy atom. The lowest BCUT2D eigenvalue weighted by atomic mass is 10.1. The van der Waals surface area contributed by atoms with Crippen molar-refractivity contribution in [2.75, 3.05) is 12.4 Å². The van der Waals surface area contributed by atoms with Crippen LogP contribution in [0.5, 0.6) is 0 Å². The molecule has 0 unspecified atom stereocenters. The Bertz CT molecular complexity index is 1980. The van der Waals surface area contributed by atoms with E-state index in [1.807, 2.05) is 68.6 Å². The zero-order valence-corrected chi connectivity index (χ0v) is 27.1. The zero-order chi connectivity index (χ0) is 31.0. The molecule has 0 saturated heterocycles.